The van der Waals surface area contributed by atoms with Crippen LogP contribution >= 0.6 is 0 Å². The first-order valence-corrected chi connectivity index (χ1v) is 6.07. The van der Waals surface area contributed by atoms with Crippen molar-refractivity contribution in [3.8, 4) is 5.75 Å². The first-order chi connectivity index (χ1) is 9.97. The third-order valence-electron chi connectivity index (χ3n) is 2.75. The molecule has 6 nitrogen and oxygen atoms in total. The van der Waals surface area contributed by atoms with E-state index in [1.54, 1.807) is 6.92 Å². The van der Waals surface area contributed by atoms with Gasteiger partial charge in [-0.15, -0.1) is 0 Å². The van der Waals surface area contributed by atoms with Crippen LogP contribution in [0.5, 0.6) is 5.75 Å². The molecule has 0 aliphatic rings. The van der Waals surface area contributed by atoms with Crippen LogP contribution in [0, 0.1) is 12.7 Å². The number of carboxylic acid groups (broad SMARTS) is 1. The molecule has 2 aromatic rings. The molecular formula is C14H13FN2O4. The van der Waals surface area contributed by atoms with Gasteiger partial charge in [0, 0.05) is 11.9 Å². The third kappa shape index (κ3) is 3.59. The second kappa shape index (κ2) is 6.08. The van der Waals surface area contributed by atoms with Crippen molar-refractivity contribution in [1.29, 1.82) is 0 Å². The molecule has 1 aromatic carbocycles. The van der Waals surface area contributed by atoms with E-state index in [4.69, 9.17) is 9.84 Å². The van der Waals surface area contributed by atoms with Crippen LogP contribution < -0.4 is 10.1 Å². The molecule has 2 rings (SSSR count). The molecule has 0 saturated heterocycles. The van der Waals surface area contributed by atoms with Gasteiger partial charge < -0.3 is 20.1 Å². The number of carbonyl (C=O) groups is 2. The Labute approximate surface area is 119 Å². The number of carbonyl (C=O) groups excluding carboxylic acids is 1. The number of rotatable bonds is 5. The van der Waals surface area contributed by atoms with Gasteiger partial charge in [0.15, 0.2) is 6.61 Å². The van der Waals surface area contributed by atoms with E-state index in [0.717, 1.165) is 0 Å². The molecule has 1 amide bonds. The Balaban J connectivity index is 1.96. The average Bonchev–Trinajstić information content (AvgIpc) is 2.79. The van der Waals surface area contributed by atoms with Crippen molar-refractivity contribution in [2.45, 2.75) is 6.92 Å². The topological polar surface area (TPSA) is 91.4 Å². The predicted molar refractivity (Wildman–Crippen MR) is 73.0 cm³/mol. The molecular weight excluding hydrogens is 279 g/mol. The summed E-state index contributed by atoms with van der Waals surface area (Å²) in [7, 11) is 0. The van der Waals surface area contributed by atoms with Gasteiger partial charge in [-0.1, -0.05) is 0 Å². The summed E-state index contributed by atoms with van der Waals surface area (Å²) in [4.78, 5) is 25.5. The summed E-state index contributed by atoms with van der Waals surface area (Å²) in [5.41, 5.74) is 0.620. The number of aromatic amines is 1. The van der Waals surface area contributed by atoms with Gasteiger partial charge in [0.2, 0.25) is 0 Å². The van der Waals surface area contributed by atoms with Crippen molar-refractivity contribution in [3.63, 3.8) is 0 Å². The zero-order chi connectivity index (χ0) is 15.4. The molecule has 110 valence electrons. The Bertz CT molecular complexity index is 664. The van der Waals surface area contributed by atoms with Crippen molar-refractivity contribution < 1.29 is 23.8 Å². The fourth-order valence-corrected chi connectivity index (χ4v) is 1.77. The van der Waals surface area contributed by atoms with E-state index in [-0.39, 0.29) is 17.9 Å². The number of aromatic nitrogens is 1. The molecule has 0 saturated carbocycles. The summed E-state index contributed by atoms with van der Waals surface area (Å²) in [6, 6.07) is 5.22. The fourth-order valence-electron chi connectivity index (χ4n) is 1.77. The maximum Gasteiger partial charge on any atom is 0.339 e. The SMILES string of the molecule is Cc1[nH]cc(NC(=O)COc2ccc(F)cc2)c1C(=O)O. The highest BCUT2D eigenvalue weighted by Crippen LogP contribution is 2.19. The number of amides is 1. The summed E-state index contributed by atoms with van der Waals surface area (Å²) in [6.45, 7) is 1.28. The number of nitrogens with one attached hydrogen (secondary N) is 2. The van der Waals surface area contributed by atoms with Gasteiger partial charge in [0.05, 0.1) is 5.69 Å². The Hall–Kier alpha value is -2.83. The zero-order valence-electron chi connectivity index (χ0n) is 11.1. The molecule has 7 heteroatoms. The molecule has 1 heterocycles. The largest absolute Gasteiger partial charge is 0.484 e. The molecule has 3 N–H and O–H groups in total. The van der Waals surface area contributed by atoms with Crippen LogP contribution in [0.15, 0.2) is 30.5 Å². The van der Waals surface area contributed by atoms with E-state index in [0.29, 0.717) is 11.4 Å². The first-order valence-electron chi connectivity index (χ1n) is 6.07. The number of benzene rings is 1. The van der Waals surface area contributed by atoms with Gasteiger partial charge in [-0.25, -0.2) is 9.18 Å². The van der Waals surface area contributed by atoms with Crippen molar-refractivity contribution in [1.82, 2.24) is 4.98 Å². The Morgan fingerprint density at radius 1 is 1.33 bits per heavy atom. The van der Waals surface area contributed by atoms with Gasteiger partial charge in [0.25, 0.3) is 5.91 Å². The van der Waals surface area contributed by atoms with Crippen molar-refractivity contribution in [2.24, 2.45) is 0 Å². The summed E-state index contributed by atoms with van der Waals surface area (Å²) in [5.74, 6) is -1.71. The van der Waals surface area contributed by atoms with Crippen LogP contribution in [-0.4, -0.2) is 28.6 Å². The van der Waals surface area contributed by atoms with Crippen LogP contribution in [-0.2, 0) is 4.79 Å². The molecule has 0 fully saturated rings. The number of aryl methyl sites for hydroxylation is 1. The quantitative estimate of drug-likeness (QED) is 0.787. The van der Waals surface area contributed by atoms with Crippen molar-refractivity contribution in [2.75, 3.05) is 11.9 Å². The maximum absolute atomic E-state index is 12.7. The van der Waals surface area contributed by atoms with Gasteiger partial charge in [0.1, 0.15) is 17.1 Å². The number of anilines is 1. The number of hydrogen-bond donors (Lipinski definition) is 3. The minimum absolute atomic E-state index is 0.00475. The zero-order valence-corrected chi connectivity index (χ0v) is 11.1. The van der Waals surface area contributed by atoms with Crippen LogP contribution in [0.1, 0.15) is 16.1 Å². The van der Waals surface area contributed by atoms with Gasteiger partial charge >= 0.3 is 5.97 Å². The second-order valence-corrected chi connectivity index (χ2v) is 4.30. The molecule has 0 aliphatic carbocycles. The van der Waals surface area contributed by atoms with Crippen molar-refractivity contribution >= 4 is 17.6 Å². The lowest BCUT2D eigenvalue weighted by Crippen LogP contribution is -2.21. The van der Waals surface area contributed by atoms with Crippen LogP contribution in [0.25, 0.3) is 0 Å². The minimum atomic E-state index is -1.14. The standard InChI is InChI=1S/C14H13FN2O4/c1-8-13(14(19)20)11(6-16-8)17-12(18)7-21-10-4-2-9(15)3-5-10/h2-6,16H,7H2,1H3,(H,17,18)(H,19,20). The van der Waals surface area contributed by atoms with E-state index in [2.05, 4.69) is 10.3 Å². The molecule has 21 heavy (non-hydrogen) atoms. The highest BCUT2D eigenvalue weighted by Gasteiger charge is 2.17. The maximum atomic E-state index is 12.7. The molecule has 0 aliphatic heterocycles. The van der Waals surface area contributed by atoms with Gasteiger partial charge in [-0.2, -0.15) is 0 Å². The lowest BCUT2D eigenvalue weighted by molar-refractivity contribution is -0.118. The number of carboxylic acids is 1. The van der Waals surface area contributed by atoms with Gasteiger partial charge in [-0.3, -0.25) is 4.79 Å². The Kier molecular flexibility index (Phi) is 4.22. The molecule has 0 radical (unpaired) electrons. The first kappa shape index (κ1) is 14.6. The van der Waals surface area contributed by atoms with E-state index in [9.17, 15) is 14.0 Å². The fraction of sp³-hybridized carbons (Fsp3) is 0.143. The Morgan fingerprint density at radius 2 is 2.00 bits per heavy atom. The lowest BCUT2D eigenvalue weighted by atomic mass is 10.2. The summed E-state index contributed by atoms with van der Waals surface area (Å²) < 4.78 is 17.9. The minimum Gasteiger partial charge on any atom is -0.484 e. The summed E-state index contributed by atoms with van der Waals surface area (Å²) >= 11 is 0. The molecule has 0 bridgehead atoms. The molecule has 0 atom stereocenters. The smallest absolute Gasteiger partial charge is 0.339 e. The average molecular weight is 292 g/mol. The highest BCUT2D eigenvalue weighted by atomic mass is 19.1. The number of ether oxygens (including phenoxy) is 1. The molecule has 1 aromatic heterocycles. The normalized spacial score (nSPS) is 10.2. The predicted octanol–water partition coefficient (Wildman–Crippen LogP) is 2.18. The van der Waals surface area contributed by atoms with E-state index in [1.165, 1.54) is 30.5 Å². The molecule has 0 unspecified atom stereocenters. The Morgan fingerprint density at radius 3 is 2.62 bits per heavy atom. The van der Waals surface area contributed by atoms with E-state index in [1.807, 2.05) is 0 Å². The van der Waals surface area contributed by atoms with Crippen molar-refractivity contribution in [3.05, 3.63) is 47.5 Å². The highest BCUT2D eigenvalue weighted by molar-refractivity contribution is 6.01. The summed E-state index contributed by atoms with van der Waals surface area (Å²) in [6.07, 6.45) is 1.40. The number of H-pyrrole nitrogens is 1. The lowest BCUT2D eigenvalue weighted by Gasteiger charge is -2.07. The van der Waals surface area contributed by atoms with Crippen LogP contribution in [0.4, 0.5) is 10.1 Å². The second-order valence-electron chi connectivity index (χ2n) is 4.30. The monoisotopic (exact) mass is 292 g/mol. The third-order valence-corrected chi connectivity index (χ3v) is 2.75. The van der Waals surface area contributed by atoms with Gasteiger partial charge in [-0.05, 0) is 31.2 Å². The number of halogens is 1. The molecule has 0 spiro atoms. The number of aromatic carboxylic acids is 1. The summed E-state index contributed by atoms with van der Waals surface area (Å²) in [5, 5.41) is 11.5. The van der Waals surface area contributed by atoms with Crippen LogP contribution in [0.2, 0.25) is 0 Å². The van der Waals surface area contributed by atoms with Crippen LogP contribution in [0.3, 0.4) is 0 Å². The number of hydrogen-bond acceptors (Lipinski definition) is 3. The van der Waals surface area contributed by atoms with E-state index >= 15 is 0 Å². The van der Waals surface area contributed by atoms with E-state index < -0.39 is 17.7 Å².